The second-order valence-electron chi connectivity index (χ2n) is 7.08. The van der Waals surface area contributed by atoms with Crippen LogP contribution in [0, 0.1) is 0 Å². The lowest BCUT2D eigenvalue weighted by atomic mass is 10.1. The molecule has 1 saturated heterocycles. The Labute approximate surface area is 156 Å². The summed E-state index contributed by atoms with van der Waals surface area (Å²) in [5.41, 5.74) is 1.27. The molecule has 3 heterocycles. The highest BCUT2D eigenvalue weighted by molar-refractivity contribution is 5.74. The Balaban J connectivity index is 1.80. The van der Waals surface area contributed by atoms with Gasteiger partial charge < -0.3 is 14.4 Å². The number of fused-ring (bicyclic) bond motifs is 1. The molecule has 142 valence electrons. The molecule has 0 saturated carbocycles. The van der Waals surface area contributed by atoms with E-state index in [0.717, 1.165) is 38.5 Å². The maximum Gasteiger partial charge on any atom is 0.329 e. The van der Waals surface area contributed by atoms with Crippen molar-refractivity contribution >= 4 is 17.1 Å². The molecule has 0 atom stereocenters. The number of anilines is 1. The van der Waals surface area contributed by atoms with E-state index in [-0.39, 0.29) is 5.56 Å². The number of benzene rings is 1. The monoisotopic (exact) mass is 368 g/mol. The van der Waals surface area contributed by atoms with E-state index in [0.29, 0.717) is 17.7 Å². The molecule has 3 aromatic rings. The van der Waals surface area contributed by atoms with Crippen molar-refractivity contribution in [3.8, 4) is 0 Å². The van der Waals surface area contributed by atoms with Crippen LogP contribution in [-0.4, -0.2) is 57.2 Å². The fraction of sp³-hybridized carbons (Fsp3) is 0.421. The van der Waals surface area contributed by atoms with Crippen LogP contribution in [0.4, 0.5) is 5.95 Å². The summed E-state index contributed by atoms with van der Waals surface area (Å²) in [4.78, 5) is 36.2. The SMILES string of the molecule is CN1CCN(c2nc3c(c(=O)[nH]c(=O)n3C)n2CCc2ccccc2)CC1. The molecule has 8 heteroatoms. The summed E-state index contributed by atoms with van der Waals surface area (Å²) < 4.78 is 3.38. The van der Waals surface area contributed by atoms with Crippen LogP contribution >= 0.6 is 0 Å². The van der Waals surface area contributed by atoms with Crippen LogP contribution in [-0.2, 0) is 20.0 Å². The van der Waals surface area contributed by atoms with Crippen LogP contribution in [0.1, 0.15) is 5.56 Å². The summed E-state index contributed by atoms with van der Waals surface area (Å²) in [6.45, 7) is 4.20. The highest BCUT2D eigenvalue weighted by atomic mass is 16.2. The standard InChI is InChI=1S/C19H24N6O2/c1-22-10-12-24(13-11-22)18-20-16-15(17(26)21-19(27)23(16)2)25(18)9-8-14-6-4-3-5-7-14/h3-7H,8-13H2,1-2H3,(H,21,26,27). The third-order valence-corrected chi connectivity index (χ3v) is 5.24. The fourth-order valence-corrected chi connectivity index (χ4v) is 3.57. The number of aromatic amines is 1. The number of aryl methyl sites for hydroxylation is 3. The van der Waals surface area contributed by atoms with Crippen molar-refractivity contribution in [1.82, 2.24) is 24.0 Å². The van der Waals surface area contributed by atoms with Gasteiger partial charge in [0.25, 0.3) is 5.56 Å². The Morgan fingerprint density at radius 1 is 1.04 bits per heavy atom. The Bertz CT molecular complexity index is 1060. The van der Waals surface area contributed by atoms with Gasteiger partial charge in [0.05, 0.1) is 0 Å². The van der Waals surface area contributed by atoms with Gasteiger partial charge in [-0.3, -0.25) is 14.3 Å². The van der Waals surface area contributed by atoms with Crippen LogP contribution in [0.2, 0.25) is 0 Å². The van der Waals surface area contributed by atoms with Crippen molar-refractivity contribution in [3.63, 3.8) is 0 Å². The molecule has 0 radical (unpaired) electrons. The van der Waals surface area contributed by atoms with Gasteiger partial charge in [0, 0.05) is 39.8 Å². The van der Waals surface area contributed by atoms with E-state index in [9.17, 15) is 9.59 Å². The van der Waals surface area contributed by atoms with E-state index < -0.39 is 5.69 Å². The topological polar surface area (TPSA) is 79.2 Å². The lowest BCUT2D eigenvalue weighted by molar-refractivity contribution is 0.310. The summed E-state index contributed by atoms with van der Waals surface area (Å²) in [5, 5.41) is 0. The molecule has 0 spiro atoms. The van der Waals surface area contributed by atoms with Gasteiger partial charge in [-0.1, -0.05) is 30.3 Å². The lowest BCUT2D eigenvalue weighted by Crippen LogP contribution is -2.45. The molecular formula is C19H24N6O2. The van der Waals surface area contributed by atoms with Gasteiger partial charge in [-0.2, -0.15) is 4.98 Å². The zero-order valence-electron chi connectivity index (χ0n) is 15.7. The third kappa shape index (κ3) is 3.28. The molecule has 0 bridgehead atoms. The second-order valence-corrected chi connectivity index (χ2v) is 7.08. The maximum atomic E-state index is 12.6. The third-order valence-electron chi connectivity index (χ3n) is 5.24. The highest BCUT2D eigenvalue weighted by Crippen LogP contribution is 2.21. The van der Waals surface area contributed by atoms with Crippen molar-refractivity contribution in [2.45, 2.75) is 13.0 Å². The van der Waals surface area contributed by atoms with Gasteiger partial charge in [-0.05, 0) is 19.0 Å². The predicted octanol–water partition coefficient (Wildman–Crippen LogP) is 0.418. The molecule has 4 rings (SSSR count). The first-order valence-corrected chi connectivity index (χ1v) is 9.21. The van der Waals surface area contributed by atoms with Gasteiger partial charge in [-0.15, -0.1) is 0 Å². The number of H-pyrrole nitrogens is 1. The number of piperazine rings is 1. The van der Waals surface area contributed by atoms with Gasteiger partial charge in [0.2, 0.25) is 5.95 Å². The van der Waals surface area contributed by atoms with Crippen LogP contribution < -0.4 is 16.1 Å². The minimum absolute atomic E-state index is 0.381. The summed E-state index contributed by atoms with van der Waals surface area (Å²) in [7, 11) is 3.74. The molecule has 1 fully saturated rings. The number of rotatable bonds is 4. The number of likely N-dealkylation sites (N-methyl/N-ethyl adjacent to an activating group) is 1. The quantitative estimate of drug-likeness (QED) is 0.722. The Morgan fingerprint density at radius 2 is 1.74 bits per heavy atom. The molecule has 27 heavy (non-hydrogen) atoms. The van der Waals surface area contributed by atoms with Gasteiger partial charge in [-0.25, -0.2) is 4.79 Å². The van der Waals surface area contributed by atoms with Crippen molar-refractivity contribution in [2.75, 3.05) is 38.1 Å². The van der Waals surface area contributed by atoms with E-state index in [1.165, 1.54) is 10.1 Å². The van der Waals surface area contributed by atoms with Crippen molar-refractivity contribution < 1.29 is 0 Å². The number of nitrogens with zero attached hydrogens (tertiary/aromatic N) is 5. The first-order valence-electron chi connectivity index (χ1n) is 9.21. The van der Waals surface area contributed by atoms with E-state index in [4.69, 9.17) is 4.98 Å². The molecule has 2 aromatic heterocycles. The number of aromatic nitrogens is 4. The first kappa shape index (κ1) is 17.5. The van der Waals surface area contributed by atoms with E-state index in [1.807, 2.05) is 22.8 Å². The summed E-state index contributed by atoms with van der Waals surface area (Å²) >= 11 is 0. The minimum Gasteiger partial charge on any atom is -0.340 e. The molecule has 1 N–H and O–H groups in total. The molecule has 1 aliphatic heterocycles. The van der Waals surface area contributed by atoms with Gasteiger partial charge >= 0.3 is 5.69 Å². The van der Waals surface area contributed by atoms with Crippen LogP contribution in [0.3, 0.4) is 0 Å². The van der Waals surface area contributed by atoms with Gasteiger partial charge in [0.1, 0.15) is 0 Å². The smallest absolute Gasteiger partial charge is 0.329 e. The van der Waals surface area contributed by atoms with Crippen LogP contribution in [0.15, 0.2) is 39.9 Å². The lowest BCUT2D eigenvalue weighted by Gasteiger charge is -2.33. The molecule has 0 amide bonds. The second kappa shape index (κ2) is 7.03. The highest BCUT2D eigenvalue weighted by Gasteiger charge is 2.23. The summed E-state index contributed by atoms with van der Waals surface area (Å²) in [6, 6.07) is 10.2. The zero-order chi connectivity index (χ0) is 19.0. The fourth-order valence-electron chi connectivity index (χ4n) is 3.57. The average molecular weight is 368 g/mol. The number of hydrogen-bond donors (Lipinski definition) is 1. The Hall–Kier alpha value is -2.87. The van der Waals surface area contributed by atoms with Crippen molar-refractivity contribution in [3.05, 3.63) is 56.7 Å². The summed E-state index contributed by atoms with van der Waals surface area (Å²) in [5.74, 6) is 0.765. The van der Waals surface area contributed by atoms with Gasteiger partial charge in [0.15, 0.2) is 11.2 Å². The van der Waals surface area contributed by atoms with E-state index >= 15 is 0 Å². The molecule has 0 unspecified atom stereocenters. The van der Waals surface area contributed by atoms with Crippen molar-refractivity contribution in [1.29, 1.82) is 0 Å². The Kier molecular flexibility index (Phi) is 4.57. The van der Waals surface area contributed by atoms with Crippen LogP contribution in [0.25, 0.3) is 11.2 Å². The summed E-state index contributed by atoms with van der Waals surface area (Å²) in [6.07, 6.45) is 0.787. The molecular weight excluding hydrogens is 344 g/mol. The molecule has 1 aliphatic rings. The first-order chi connectivity index (χ1) is 13.0. The number of hydrogen-bond acceptors (Lipinski definition) is 5. The normalized spacial score (nSPS) is 15.6. The van der Waals surface area contributed by atoms with Crippen LogP contribution in [0.5, 0.6) is 0 Å². The average Bonchev–Trinajstić information content (AvgIpc) is 3.06. The molecule has 1 aromatic carbocycles. The largest absolute Gasteiger partial charge is 0.340 e. The zero-order valence-corrected chi connectivity index (χ0v) is 15.7. The Morgan fingerprint density at radius 3 is 2.44 bits per heavy atom. The molecule has 0 aliphatic carbocycles. The predicted molar refractivity (Wildman–Crippen MR) is 105 cm³/mol. The van der Waals surface area contributed by atoms with E-state index in [1.54, 1.807) is 7.05 Å². The minimum atomic E-state index is -0.440. The maximum absolute atomic E-state index is 12.6. The number of nitrogens with one attached hydrogen (secondary N) is 1. The molecule has 8 nitrogen and oxygen atoms in total. The van der Waals surface area contributed by atoms with Crippen molar-refractivity contribution in [2.24, 2.45) is 7.05 Å². The number of imidazole rings is 1. The van der Waals surface area contributed by atoms with E-state index in [2.05, 4.69) is 34.0 Å².